The molecular formula is C15H28N2O. The Morgan fingerprint density at radius 3 is 2.56 bits per heavy atom. The van der Waals surface area contributed by atoms with Crippen LogP contribution in [0.5, 0.6) is 0 Å². The standard InChI is InChI=1S/C15H28N2O/c1-15(2)8-9-17(11-15)14(18)13(16)10-12-6-4-3-5-7-12/h12-13H,3-11,16H2,1-2H3. The number of hydrogen-bond acceptors (Lipinski definition) is 2. The summed E-state index contributed by atoms with van der Waals surface area (Å²) in [5.74, 6) is 0.875. The van der Waals surface area contributed by atoms with Gasteiger partial charge in [0.25, 0.3) is 0 Å². The van der Waals surface area contributed by atoms with Crippen molar-refractivity contribution in [2.45, 2.75) is 64.8 Å². The molecule has 0 bridgehead atoms. The van der Waals surface area contributed by atoms with Gasteiger partial charge in [0.1, 0.15) is 0 Å². The normalized spacial score (nSPS) is 26.3. The zero-order valence-corrected chi connectivity index (χ0v) is 12.0. The third-order valence-electron chi connectivity index (χ3n) is 4.62. The quantitative estimate of drug-likeness (QED) is 0.839. The van der Waals surface area contributed by atoms with Crippen LogP contribution < -0.4 is 5.73 Å². The zero-order chi connectivity index (χ0) is 13.2. The lowest BCUT2D eigenvalue weighted by atomic mass is 9.85. The highest BCUT2D eigenvalue weighted by Crippen LogP contribution is 2.31. The average molecular weight is 252 g/mol. The first kappa shape index (κ1) is 13.9. The predicted molar refractivity (Wildman–Crippen MR) is 74.1 cm³/mol. The van der Waals surface area contributed by atoms with Gasteiger partial charge >= 0.3 is 0 Å². The van der Waals surface area contributed by atoms with E-state index in [1.807, 2.05) is 4.90 Å². The van der Waals surface area contributed by atoms with Gasteiger partial charge in [0.15, 0.2) is 0 Å². The molecule has 0 aromatic carbocycles. The molecule has 1 heterocycles. The number of carbonyl (C=O) groups is 1. The van der Waals surface area contributed by atoms with Crippen molar-refractivity contribution in [3.8, 4) is 0 Å². The van der Waals surface area contributed by atoms with Crippen molar-refractivity contribution in [1.29, 1.82) is 0 Å². The summed E-state index contributed by atoms with van der Waals surface area (Å²) in [5, 5.41) is 0. The Morgan fingerprint density at radius 2 is 2.00 bits per heavy atom. The third kappa shape index (κ3) is 3.47. The summed E-state index contributed by atoms with van der Waals surface area (Å²) in [7, 11) is 0. The fourth-order valence-electron chi connectivity index (χ4n) is 3.42. The Balaban J connectivity index is 1.81. The molecule has 3 nitrogen and oxygen atoms in total. The van der Waals surface area contributed by atoms with Crippen LogP contribution in [0.4, 0.5) is 0 Å². The molecule has 1 aliphatic carbocycles. The molecule has 0 aromatic rings. The summed E-state index contributed by atoms with van der Waals surface area (Å²) >= 11 is 0. The van der Waals surface area contributed by atoms with Gasteiger partial charge in [-0.25, -0.2) is 0 Å². The number of carbonyl (C=O) groups excluding carboxylic acids is 1. The van der Waals surface area contributed by atoms with E-state index in [-0.39, 0.29) is 17.4 Å². The fourth-order valence-corrected chi connectivity index (χ4v) is 3.42. The van der Waals surface area contributed by atoms with Crippen molar-refractivity contribution in [1.82, 2.24) is 4.90 Å². The summed E-state index contributed by atoms with van der Waals surface area (Å²) in [6, 6.07) is -0.262. The zero-order valence-electron chi connectivity index (χ0n) is 12.0. The lowest BCUT2D eigenvalue weighted by Crippen LogP contribution is -2.44. The molecule has 1 aliphatic heterocycles. The van der Waals surface area contributed by atoms with Crippen molar-refractivity contribution in [2.75, 3.05) is 13.1 Å². The summed E-state index contributed by atoms with van der Waals surface area (Å²) in [6.07, 6.45) is 8.55. The highest BCUT2D eigenvalue weighted by Gasteiger charge is 2.34. The van der Waals surface area contributed by atoms with E-state index in [9.17, 15) is 4.79 Å². The first-order valence-corrected chi connectivity index (χ1v) is 7.52. The number of hydrogen-bond donors (Lipinski definition) is 1. The number of likely N-dealkylation sites (tertiary alicyclic amines) is 1. The van der Waals surface area contributed by atoms with Gasteiger partial charge in [-0.15, -0.1) is 0 Å². The maximum Gasteiger partial charge on any atom is 0.239 e. The maximum atomic E-state index is 12.3. The molecule has 2 N–H and O–H groups in total. The van der Waals surface area contributed by atoms with Crippen LogP contribution in [0.25, 0.3) is 0 Å². The Morgan fingerprint density at radius 1 is 1.33 bits per heavy atom. The molecule has 1 atom stereocenters. The van der Waals surface area contributed by atoms with E-state index < -0.39 is 0 Å². The van der Waals surface area contributed by atoms with Crippen LogP contribution in [0.2, 0.25) is 0 Å². The predicted octanol–water partition coefficient (Wildman–Crippen LogP) is 2.54. The van der Waals surface area contributed by atoms with E-state index in [2.05, 4.69) is 13.8 Å². The molecule has 0 radical (unpaired) electrons. The SMILES string of the molecule is CC1(C)CCN(C(=O)C(N)CC2CCCCC2)C1. The monoisotopic (exact) mass is 252 g/mol. The second kappa shape index (κ2) is 5.60. The van der Waals surface area contributed by atoms with Crippen molar-refractivity contribution >= 4 is 5.91 Å². The maximum absolute atomic E-state index is 12.3. The third-order valence-corrected chi connectivity index (χ3v) is 4.62. The second-order valence-electron chi connectivity index (χ2n) is 7.02. The van der Waals surface area contributed by atoms with Gasteiger partial charge in [0, 0.05) is 13.1 Å². The molecular weight excluding hydrogens is 224 g/mol. The minimum absolute atomic E-state index is 0.186. The molecule has 18 heavy (non-hydrogen) atoms. The largest absolute Gasteiger partial charge is 0.341 e. The lowest BCUT2D eigenvalue weighted by Gasteiger charge is -2.27. The minimum Gasteiger partial charge on any atom is -0.341 e. The van der Waals surface area contributed by atoms with Gasteiger partial charge in [0.2, 0.25) is 5.91 Å². The van der Waals surface area contributed by atoms with Crippen LogP contribution in [-0.4, -0.2) is 29.9 Å². The first-order valence-electron chi connectivity index (χ1n) is 7.52. The van der Waals surface area contributed by atoms with Crippen LogP contribution in [0.15, 0.2) is 0 Å². The van der Waals surface area contributed by atoms with Crippen LogP contribution in [0.1, 0.15) is 58.8 Å². The molecule has 104 valence electrons. The highest BCUT2D eigenvalue weighted by molar-refractivity contribution is 5.82. The number of nitrogens with two attached hydrogens (primary N) is 1. The Labute approximate surface area is 111 Å². The van der Waals surface area contributed by atoms with Crippen molar-refractivity contribution in [2.24, 2.45) is 17.1 Å². The average Bonchev–Trinajstić information content (AvgIpc) is 2.70. The van der Waals surface area contributed by atoms with Gasteiger partial charge < -0.3 is 10.6 Å². The molecule has 2 fully saturated rings. The van der Waals surface area contributed by atoms with Crippen LogP contribution in [0.3, 0.4) is 0 Å². The van der Waals surface area contributed by atoms with E-state index in [0.29, 0.717) is 5.92 Å². The van der Waals surface area contributed by atoms with Crippen molar-refractivity contribution in [3.63, 3.8) is 0 Å². The van der Waals surface area contributed by atoms with Gasteiger partial charge in [-0.2, -0.15) is 0 Å². The van der Waals surface area contributed by atoms with E-state index in [0.717, 1.165) is 25.9 Å². The second-order valence-corrected chi connectivity index (χ2v) is 7.02. The summed E-state index contributed by atoms with van der Waals surface area (Å²) in [5.41, 5.74) is 6.40. The molecule has 0 spiro atoms. The van der Waals surface area contributed by atoms with E-state index in [1.165, 1.54) is 32.1 Å². The van der Waals surface area contributed by atoms with E-state index in [1.54, 1.807) is 0 Å². The summed E-state index contributed by atoms with van der Waals surface area (Å²) in [4.78, 5) is 14.3. The number of rotatable bonds is 3. The highest BCUT2D eigenvalue weighted by atomic mass is 16.2. The van der Waals surface area contributed by atoms with Gasteiger partial charge in [-0.3, -0.25) is 4.79 Å². The smallest absolute Gasteiger partial charge is 0.239 e. The molecule has 3 heteroatoms. The van der Waals surface area contributed by atoms with Crippen molar-refractivity contribution in [3.05, 3.63) is 0 Å². The van der Waals surface area contributed by atoms with Crippen molar-refractivity contribution < 1.29 is 4.79 Å². The van der Waals surface area contributed by atoms with Gasteiger partial charge in [-0.05, 0) is 24.2 Å². The van der Waals surface area contributed by atoms with Crippen LogP contribution in [0, 0.1) is 11.3 Å². The fraction of sp³-hybridized carbons (Fsp3) is 0.933. The Kier molecular flexibility index (Phi) is 4.31. The molecule has 1 amide bonds. The molecule has 2 rings (SSSR count). The van der Waals surface area contributed by atoms with Gasteiger partial charge in [0.05, 0.1) is 6.04 Å². The topological polar surface area (TPSA) is 46.3 Å². The number of amides is 1. The molecule has 2 aliphatic rings. The molecule has 1 saturated heterocycles. The Bertz CT molecular complexity index is 295. The summed E-state index contributed by atoms with van der Waals surface area (Å²) in [6.45, 7) is 6.23. The molecule has 1 saturated carbocycles. The van der Waals surface area contributed by atoms with Gasteiger partial charge in [-0.1, -0.05) is 46.0 Å². The lowest BCUT2D eigenvalue weighted by molar-refractivity contribution is -0.132. The molecule has 0 aromatic heterocycles. The van der Waals surface area contributed by atoms with E-state index in [4.69, 9.17) is 5.73 Å². The summed E-state index contributed by atoms with van der Waals surface area (Å²) < 4.78 is 0. The number of nitrogens with zero attached hydrogens (tertiary/aromatic N) is 1. The van der Waals surface area contributed by atoms with E-state index >= 15 is 0 Å². The van der Waals surface area contributed by atoms with Crippen LogP contribution >= 0.6 is 0 Å². The Hall–Kier alpha value is -0.570. The van der Waals surface area contributed by atoms with Crippen LogP contribution in [-0.2, 0) is 4.79 Å². The molecule has 1 unspecified atom stereocenters. The first-order chi connectivity index (χ1) is 8.48. The minimum atomic E-state index is -0.262.